The Kier molecular flexibility index (Phi) is 31.2. The molecule has 0 amide bonds. The van der Waals surface area contributed by atoms with E-state index >= 15 is 0 Å². The molecule has 0 unspecified atom stereocenters. The van der Waals surface area contributed by atoms with Gasteiger partial charge in [0.2, 0.25) is 6.54 Å². The lowest BCUT2D eigenvalue weighted by atomic mass is 10.0. The lowest BCUT2D eigenvalue weighted by Gasteiger charge is -2.05. The van der Waals surface area contributed by atoms with Gasteiger partial charge in [0.25, 0.3) is 0 Å². The van der Waals surface area contributed by atoms with E-state index in [0.717, 1.165) is 71.9 Å². The van der Waals surface area contributed by atoms with Crippen molar-refractivity contribution in [2.24, 2.45) is 17.2 Å². The van der Waals surface area contributed by atoms with Gasteiger partial charge in [-0.3, -0.25) is 10.1 Å². The Morgan fingerprint density at radius 3 is 1.46 bits per heavy atom. The zero-order valence-corrected chi connectivity index (χ0v) is 43.3. The Morgan fingerprint density at radius 2 is 1.01 bits per heavy atom. The maximum Gasteiger partial charge on any atom is 0.228 e. The second-order valence-electron chi connectivity index (χ2n) is 16.9. The molecule has 71 heavy (non-hydrogen) atoms. The summed E-state index contributed by atoms with van der Waals surface area (Å²) in [6.07, 6.45) is 22.8. The van der Waals surface area contributed by atoms with Gasteiger partial charge in [-0.1, -0.05) is 228 Å². The van der Waals surface area contributed by atoms with Crippen LogP contribution in [-0.4, -0.2) is 4.92 Å². The molecule has 0 heterocycles. The third-order valence-corrected chi connectivity index (χ3v) is 10.5. The van der Waals surface area contributed by atoms with E-state index in [1.54, 1.807) is 24.3 Å². The summed E-state index contributed by atoms with van der Waals surface area (Å²) in [7, 11) is 0. The quantitative estimate of drug-likeness (QED) is 0.0311. The molecule has 6 N–H and O–H groups in total. The Labute approximate surface area is 428 Å². The van der Waals surface area contributed by atoms with Gasteiger partial charge in [0.15, 0.2) is 0 Å². The first-order valence-corrected chi connectivity index (χ1v) is 24.0. The number of hydrogen-bond acceptors (Lipinski definition) is 5. The van der Waals surface area contributed by atoms with E-state index in [0.29, 0.717) is 17.9 Å². The van der Waals surface area contributed by atoms with Crippen LogP contribution >= 0.6 is 0 Å². The minimum atomic E-state index is -0.316. The Morgan fingerprint density at radius 1 is 0.563 bits per heavy atom. The number of aryl methyl sites for hydroxylation is 6. The molecule has 0 atom stereocenters. The van der Waals surface area contributed by atoms with Gasteiger partial charge in [0.1, 0.15) is 0 Å². The molecule has 0 spiro atoms. The molecule has 0 aliphatic rings. The zero-order chi connectivity index (χ0) is 53.0. The molecule has 6 nitrogen and oxygen atoms in total. The smallest absolute Gasteiger partial charge is 0.228 e. The molecule has 6 heteroatoms. The van der Waals surface area contributed by atoms with Crippen LogP contribution in [0, 0.1) is 24.0 Å². The van der Waals surface area contributed by atoms with Crippen molar-refractivity contribution in [2.75, 3.05) is 0 Å². The molecule has 5 aromatic carbocycles. The van der Waals surface area contributed by atoms with Gasteiger partial charge >= 0.3 is 0 Å². The third-order valence-electron chi connectivity index (χ3n) is 10.5. The van der Waals surface area contributed by atoms with E-state index < -0.39 is 0 Å². The highest BCUT2D eigenvalue weighted by Crippen LogP contribution is 2.16. The largest absolute Gasteiger partial charge is 0.399 e. The highest BCUT2D eigenvalue weighted by Gasteiger charge is 2.02. The van der Waals surface area contributed by atoms with Gasteiger partial charge in [0, 0.05) is 28.4 Å². The lowest BCUT2D eigenvalue weighted by Crippen LogP contribution is -1.97. The monoisotopic (exact) mass is 949 g/mol. The summed E-state index contributed by atoms with van der Waals surface area (Å²) in [5.41, 5.74) is 34.1. The first kappa shape index (κ1) is 61.2. The van der Waals surface area contributed by atoms with Gasteiger partial charge in [-0.2, -0.15) is 0 Å². The van der Waals surface area contributed by atoms with Crippen molar-refractivity contribution in [1.82, 2.24) is 0 Å². The molecule has 0 aliphatic carbocycles. The number of benzene rings is 5. The molecule has 0 saturated carbocycles. The fourth-order valence-corrected chi connectivity index (χ4v) is 6.69. The minimum absolute atomic E-state index is 0.133. The Bertz CT molecular complexity index is 2550. The summed E-state index contributed by atoms with van der Waals surface area (Å²) in [6, 6.07) is 41.3. The first-order chi connectivity index (χ1) is 34.0. The predicted octanol–water partition coefficient (Wildman–Crippen LogP) is 15.8. The average Bonchev–Trinajstić information content (AvgIpc) is 3.36. The summed E-state index contributed by atoms with van der Waals surface area (Å²) in [5, 5.41) is 10.5. The number of nitrogens with two attached hydrogens (primary N) is 3. The van der Waals surface area contributed by atoms with Crippen molar-refractivity contribution >= 4 is 12.2 Å². The van der Waals surface area contributed by atoms with E-state index in [1.165, 1.54) is 44.5 Å². The fourth-order valence-electron chi connectivity index (χ4n) is 6.69. The molecule has 0 fully saturated rings. The topological polar surface area (TPSA) is 121 Å². The lowest BCUT2D eigenvalue weighted by molar-refractivity contribution is -0.496. The summed E-state index contributed by atoms with van der Waals surface area (Å²) < 4.78 is 0. The highest BCUT2D eigenvalue weighted by atomic mass is 16.6. The molecule has 0 radical (unpaired) electrons. The molecule has 372 valence electrons. The molecule has 0 bridgehead atoms. The summed E-state index contributed by atoms with van der Waals surface area (Å²) in [6.45, 7) is 36.8. The van der Waals surface area contributed by atoms with Crippen molar-refractivity contribution in [1.29, 1.82) is 0 Å². The molecule has 5 rings (SSSR count). The van der Waals surface area contributed by atoms with Gasteiger partial charge in [-0.25, -0.2) is 0 Å². The second-order valence-corrected chi connectivity index (χ2v) is 16.9. The van der Waals surface area contributed by atoms with Crippen LogP contribution in [0.15, 0.2) is 244 Å². The van der Waals surface area contributed by atoms with Crippen molar-refractivity contribution < 1.29 is 4.92 Å². The molecule has 0 aliphatic heterocycles. The number of nitrogens with zero attached hydrogens (tertiary/aromatic N) is 1. The average molecular weight is 949 g/mol. The zero-order valence-electron chi connectivity index (χ0n) is 43.3. The predicted molar refractivity (Wildman–Crippen MR) is 311 cm³/mol. The summed E-state index contributed by atoms with van der Waals surface area (Å²) in [4.78, 5) is 10.2. The van der Waals surface area contributed by atoms with Crippen LogP contribution in [0.2, 0.25) is 0 Å². The fraction of sp³-hybridized carbons (Fsp3) is 0.200. The number of rotatable bonds is 20. The van der Waals surface area contributed by atoms with E-state index in [2.05, 4.69) is 165 Å². The van der Waals surface area contributed by atoms with E-state index in [9.17, 15) is 10.1 Å². The van der Waals surface area contributed by atoms with Gasteiger partial charge < -0.3 is 17.2 Å². The first-order valence-electron chi connectivity index (χ1n) is 24.0. The van der Waals surface area contributed by atoms with E-state index in [4.69, 9.17) is 17.2 Å². The summed E-state index contributed by atoms with van der Waals surface area (Å²) >= 11 is 0. The SMILES string of the molecule is C=CC(=C)C=C(N)C=C.C=CC(=CC(=C)C)CCc1cccc(CN)c1.C=CC(=CC(=C)N)CCc1cccc(CC)c1.CCc1cccc(C)c1.Cc1cccc(C=Cc2cccc(C[N+](=O)[O-])c2)c1. The molecular formula is C65H80N4O2. The van der Waals surface area contributed by atoms with Gasteiger partial charge in [0.05, 0.1) is 0 Å². The van der Waals surface area contributed by atoms with Crippen LogP contribution in [0.3, 0.4) is 0 Å². The second kappa shape index (κ2) is 36.2. The van der Waals surface area contributed by atoms with Crippen LogP contribution in [0.4, 0.5) is 0 Å². The Balaban J connectivity index is 0.000000457. The van der Waals surface area contributed by atoms with Crippen molar-refractivity contribution in [2.45, 2.75) is 86.2 Å². The van der Waals surface area contributed by atoms with Crippen molar-refractivity contribution in [3.05, 3.63) is 309 Å². The van der Waals surface area contributed by atoms with Crippen LogP contribution in [0.5, 0.6) is 0 Å². The van der Waals surface area contributed by atoms with Crippen LogP contribution < -0.4 is 17.2 Å². The standard InChI is InChI=1S/C16H15NO2.2C16H21N.C9H12.C8H11N/c1-13-4-2-5-14(10-13)8-9-15-6-3-7-16(11-15)12-17(18)19;1-4-14(10-13(2)3)8-9-15-6-5-7-16(11-15)12-17;1-4-14-7-6-8-16(12-14)10-9-15(5-2)11-13(3)17;1-3-9-6-4-5-8(2)7-9;1-4-7(3)6-8(9)5-2/h2-11H,12H2,1H3;4-7,10-11H,1-2,8-9,12,17H2,3H3;5-8,11-12H,2-4,9-10,17H2,1H3;4-7H,3H2,1-2H3;4-6H,1-3,9H2. The normalized spacial score (nSPS) is 10.8. The summed E-state index contributed by atoms with van der Waals surface area (Å²) in [5.74, 6) is 0. The van der Waals surface area contributed by atoms with Crippen molar-refractivity contribution in [3.8, 4) is 0 Å². The molecule has 5 aromatic rings. The number of hydrogen-bond donors (Lipinski definition) is 3. The number of nitro groups is 1. The third kappa shape index (κ3) is 29.6. The van der Waals surface area contributed by atoms with Gasteiger partial charge in [-0.15, -0.1) is 0 Å². The molecule has 0 aromatic heterocycles. The van der Waals surface area contributed by atoms with Gasteiger partial charge in [-0.05, 0) is 139 Å². The van der Waals surface area contributed by atoms with Crippen LogP contribution in [0.25, 0.3) is 12.2 Å². The number of allylic oxidation sites excluding steroid dienone is 11. The van der Waals surface area contributed by atoms with Crippen LogP contribution in [0.1, 0.15) is 89.2 Å². The minimum Gasteiger partial charge on any atom is -0.399 e. The maximum absolute atomic E-state index is 10.5. The maximum atomic E-state index is 10.5. The molecule has 0 saturated heterocycles. The van der Waals surface area contributed by atoms with Crippen molar-refractivity contribution in [3.63, 3.8) is 0 Å². The van der Waals surface area contributed by atoms with E-state index in [1.807, 2.05) is 67.6 Å². The highest BCUT2D eigenvalue weighted by molar-refractivity contribution is 5.70. The van der Waals surface area contributed by atoms with Crippen LogP contribution in [-0.2, 0) is 38.8 Å². The molecular weight excluding hydrogens is 869 g/mol. The van der Waals surface area contributed by atoms with E-state index in [-0.39, 0.29) is 11.5 Å². The Hall–Kier alpha value is -7.80.